The Kier molecular flexibility index (Phi) is 7.27. The summed E-state index contributed by atoms with van der Waals surface area (Å²) in [6, 6.07) is 14.8. The SMILES string of the molecule is C[C@@H]1CN(Cc2ccc(F)cc2)[C@@H](C)CN1C(=O)COc1ccccc1N1CCOCC1. The molecule has 32 heavy (non-hydrogen) atoms. The van der Waals surface area contributed by atoms with Crippen LogP contribution in [0.4, 0.5) is 10.1 Å². The summed E-state index contributed by atoms with van der Waals surface area (Å²) in [7, 11) is 0. The minimum atomic E-state index is -0.222. The molecule has 6 nitrogen and oxygen atoms in total. The summed E-state index contributed by atoms with van der Waals surface area (Å²) in [4.78, 5) is 19.5. The molecule has 2 atom stereocenters. The van der Waals surface area contributed by atoms with Crippen molar-refractivity contribution in [3.8, 4) is 5.75 Å². The molecule has 0 unspecified atom stereocenters. The fourth-order valence-electron chi connectivity index (χ4n) is 4.46. The Morgan fingerprint density at radius 3 is 2.50 bits per heavy atom. The summed E-state index contributed by atoms with van der Waals surface area (Å²) in [6.45, 7) is 9.43. The molecule has 0 bridgehead atoms. The fourth-order valence-corrected chi connectivity index (χ4v) is 4.46. The normalized spacial score (nSPS) is 22.1. The van der Waals surface area contributed by atoms with E-state index in [0.717, 1.165) is 43.2 Å². The second-order valence-corrected chi connectivity index (χ2v) is 8.66. The van der Waals surface area contributed by atoms with Crippen LogP contribution in [0.25, 0.3) is 0 Å². The van der Waals surface area contributed by atoms with Crippen LogP contribution in [-0.4, -0.2) is 73.8 Å². The zero-order valence-corrected chi connectivity index (χ0v) is 18.9. The van der Waals surface area contributed by atoms with Gasteiger partial charge in [-0.05, 0) is 43.7 Å². The lowest BCUT2D eigenvalue weighted by atomic mass is 10.1. The molecule has 0 aromatic heterocycles. The molecule has 4 rings (SSSR count). The predicted molar refractivity (Wildman–Crippen MR) is 122 cm³/mol. The molecule has 2 fully saturated rings. The molecule has 0 spiro atoms. The smallest absolute Gasteiger partial charge is 0.260 e. The number of halogens is 1. The van der Waals surface area contributed by atoms with Gasteiger partial charge in [0.1, 0.15) is 11.6 Å². The van der Waals surface area contributed by atoms with E-state index in [1.165, 1.54) is 12.1 Å². The number of hydrogen-bond acceptors (Lipinski definition) is 5. The van der Waals surface area contributed by atoms with Gasteiger partial charge < -0.3 is 19.3 Å². The largest absolute Gasteiger partial charge is 0.482 e. The van der Waals surface area contributed by atoms with Gasteiger partial charge in [0.2, 0.25) is 0 Å². The van der Waals surface area contributed by atoms with E-state index in [0.29, 0.717) is 19.8 Å². The van der Waals surface area contributed by atoms with Crippen molar-refractivity contribution in [3.63, 3.8) is 0 Å². The maximum atomic E-state index is 13.2. The summed E-state index contributed by atoms with van der Waals surface area (Å²) >= 11 is 0. The third-order valence-electron chi connectivity index (χ3n) is 6.30. The monoisotopic (exact) mass is 441 g/mol. The van der Waals surface area contributed by atoms with E-state index in [1.807, 2.05) is 41.3 Å². The second-order valence-electron chi connectivity index (χ2n) is 8.66. The Hall–Kier alpha value is -2.64. The highest BCUT2D eigenvalue weighted by Crippen LogP contribution is 2.29. The molecular formula is C25H32FN3O3. The highest BCUT2D eigenvalue weighted by Gasteiger charge is 2.32. The number of benzene rings is 2. The van der Waals surface area contributed by atoms with Gasteiger partial charge in [0.15, 0.2) is 6.61 Å². The lowest BCUT2D eigenvalue weighted by Crippen LogP contribution is -2.58. The zero-order valence-electron chi connectivity index (χ0n) is 18.9. The Bertz CT molecular complexity index is 902. The van der Waals surface area contributed by atoms with E-state index in [4.69, 9.17) is 9.47 Å². The van der Waals surface area contributed by atoms with Gasteiger partial charge in [0, 0.05) is 44.8 Å². The van der Waals surface area contributed by atoms with Crippen molar-refractivity contribution < 1.29 is 18.7 Å². The van der Waals surface area contributed by atoms with E-state index in [2.05, 4.69) is 23.6 Å². The first-order valence-corrected chi connectivity index (χ1v) is 11.3. The number of carbonyl (C=O) groups is 1. The lowest BCUT2D eigenvalue weighted by molar-refractivity contribution is -0.139. The molecule has 172 valence electrons. The van der Waals surface area contributed by atoms with Gasteiger partial charge in [0.25, 0.3) is 5.91 Å². The topological polar surface area (TPSA) is 45.2 Å². The summed E-state index contributed by atoms with van der Waals surface area (Å²) < 4.78 is 24.6. The molecule has 2 heterocycles. The van der Waals surface area contributed by atoms with Crippen LogP contribution < -0.4 is 9.64 Å². The van der Waals surface area contributed by atoms with E-state index in [1.54, 1.807) is 0 Å². The Morgan fingerprint density at radius 2 is 1.75 bits per heavy atom. The molecular weight excluding hydrogens is 409 g/mol. The molecule has 7 heteroatoms. The first kappa shape index (κ1) is 22.6. The van der Waals surface area contributed by atoms with Gasteiger partial charge in [-0.1, -0.05) is 24.3 Å². The van der Waals surface area contributed by atoms with Gasteiger partial charge in [-0.25, -0.2) is 4.39 Å². The zero-order chi connectivity index (χ0) is 22.5. The number of morpholine rings is 1. The van der Waals surface area contributed by atoms with Gasteiger partial charge in [-0.2, -0.15) is 0 Å². The number of hydrogen-bond donors (Lipinski definition) is 0. The Morgan fingerprint density at radius 1 is 1.03 bits per heavy atom. The van der Waals surface area contributed by atoms with Crippen LogP contribution in [0.3, 0.4) is 0 Å². The van der Waals surface area contributed by atoms with Crippen molar-refractivity contribution in [1.29, 1.82) is 0 Å². The molecule has 0 saturated carbocycles. The first-order valence-electron chi connectivity index (χ1n) is 11.3. The van der Waals surface area contributed by atoms with Crippen LogP contribution in [0.5, 0.6) is 5.75 Å². The Balaban J connectivity index is 1.34. The maximum Gasteiger partial charge on any atom is 0.260 e. The van der Waals surface area contributed by atoms with Crippen LogP contribution in [0, 0.1) is 5.82 Å². The molecule has 2 aromatic rings. The third kappa shape index (κ3) is 5.40. The molecule has 2 aromatic carbocycles. The summed E-state index contributed by atoms with van der Waals surface area (Å²) in [6.07, 6.45) is 0. The van der Waals surface area contributed by atoms with Crippen molar-refractivity contribution in [1.82, 2.24) is 9.80 Å². The number of amides is 1. The first-order chi connectivity index (χ1) is 15.5. The summed E-state index contributed by atoms with van der Waals surface area (Å²) in [5, 5.41) is 0. The van der Waals surface area contributed by atoms with Crippen molar-refractivity contribution in [2.45, 2.75) is 32.5 Å². The van der Waals surface area contributed by atoms with Crippen LogP contribution in [0.15, 0.2) is 48.5 Å². The maximum absolute atomic E-state index is 13.2. The van der Waals surface area contributed by atoms with E-state index in [-0.39, 0.29) is 30.4 Å². The summed E-state index contributed by atoms with van der Waals surface area (Å²) in [5.41, 5.74) is 2.09. The van der Waals surface area contributed by atoms with Crippen LogP contribution in [0.1, 0.15) is 19.4 Å². The van der Waals surface area contributed by atoms with Crippen LogP contribution in [-0.2, 0) is 16.1 Å². The number of anilines is 1. The lowest BCUT2D eigenvalue weighted by Gasteiger charge is -2.44. The Labute approximate surface area is 189 Å². The fraction of sp³-hybridized carbons (Fsp3) is 0.480. The van der Waals surface area contributed by atoms with Crippen molar-refractivity contribution >= 4 is 11.6 Å². The second kappa shape index (κ2) is 10.3. The number of piperazine rings is 1. The number of carbonyl (C=O) groups excluding carboxylic acids is 1. The molecule has 1 amide bonds. The number of nitrogens with zero attached hydrogens (tertiary/aromatic N) is 3. The predicted octanol–water partition coefficient (Wildman–Crippen LogP) is 3.16. The minimum absolute atomic E-state index is 0.00237. The minimum Gasteiger partial charge on any atom is -0.482 e. The molecule has 0 radical (unpaired) electrons. The van der Waals surface area contributed by atoms with E-state index >= 15 is 0 Å². The number of para-hydroxylation sites is 2. The van der Waals surface area contributed by atoms with E-state index in [9.17, 15) is 9.18 Å². The van der Waals surface area contributed by atoms with Gasteiger partial charge >= 0.3 is 0 Å². The molecule has 2 saturated heterocycles. The average molecular weight is 442 g/mol. The third-order valence-corrected chi connectivity index (χ3v) is 6.30. The van der Waals surface area contributed by atoms with Gasteiger partial charge in [0.05, 0.1) is 18.9 Å². The standard InChI is InChI=1S/C25H32FN3O3/c1-19-16-29(20(2)15-28(19)17-21-7-9-22(26)10-8-21)25(30)18-32-24-6-4-3-5-23(24)27-11-13-31-14-12-27/h3-10,19-20H,11-18H2,1-2H3/t19-,20+/m0/s1. The van der Waals surface area contributed by atoms with Crippen molar-refractivity contribution in [2.24, 2.45) is 0 Å². The summed E-state index contributed by atoms with van der Waals surface area (Å²) in [5.74, 6) is 0.515. The quantitative estimate of drug-likeness (QED) is 0.689. The van der Waals surface area contributed by atoms with Gasteiger partial charge in [-0.15, -0.1) is 0 Å². The molecule has 0 N–H and O–H groups in total. The van der Waals surface area contributed by atoms with Gasteiger partial charge in [-0.3, -0.25) is 9.69 Å². The number of ether oxygens (including phenoxy) is 2. The van der Waals surface area contributed by atoms with E-state index < -0.39 is 0 Å². The molecule has 2 aliphatic rings. The highest BCUT2D eigenvalue weighted by atomic mass is 19.1. The molecule has 0 aliphatic carbocycles. The van der Waals surface area contributed by atoms with Crippen molar-refractivity contribution in [2.75, 3.05) is 50.9 Å². The molecule has 2 aliphatic heterocycles. The van der Waals surface area contributed by atoms with Crippen LogP contribution in [0.2, 0.25) is 0 Å². The van der Waals surface area contributed by atoms with Crippen LogP contribution >= 0.6 is 0 Å². The highest BCUT2D eigenvalue weighted by molar-refractivity contribution is 5.78. The number of rotatable bonds is 6. The average Bonchev–Trinajstić information content (AvgIpc) is 2.82. The van der Waals surface area contributed by atoms with Crippen molar-refractivity contribution in [3.05, 3.63) is 59.9 Å².